The van der Waals surface area contributed by atoms with Crippen molar-refractivity contribution < 1.29 is 9.90 Å². The van der Waals surface area contributed by atoms with Crippen LogP contribution >= 0.6 is 0 Å². The van der Waals surface area contributed by atoms with Gasteiger partial charge in [0, 0.05) is 11.4 Å². The average Bonchev–Trinajstić information content (AvgIpc) is 2.45. The number of rotatable bonds is 7. The molecule has 1 atom stereocenters. The quantitative estimate of drug-likeness (QED) is 0.839. The largest absolute Gasteiger partial charge is 0.481 e. The van der Waals surface area contributed by atoms with Gasteiger partial charge in [0.15, 0.2) is 0 Å². The lowest BCUT2D eigenvalue weighted by Crippen LogP contribution is -2.25. The third-order valence-corrected chi connectivity index (χ3v) is 3.99. The Morgan fingerprint density at radius 2 is 1.86 bits per heavy atom. The minimum atomic E-state index is -0.747. The number of hydrogen-bond donors (Lipinski definition) is 1. The Balaban J connectivity index is 2.11. The molecule has 3 heteroatoms. The van der Waals surface area contributed by atoms with Crippen LogP contribution in [0.15, 0.2) is 48.5 Å². The summed E-state index contributed by atoms with van der Waals surface area (Å²) >= 11 is 0. The summed E-state index contributed by atoms with van der Waals surface area (Å²) in [5, 5.41) is 9.26. The number of carboxylic acid groups (broad SMARTS) is 1. The fourth-order valence-electron chi connectivity index (χ4n) is 2.83. The Morgan fingerprint density at radius 1 is 1.14 bits per heavy atom. The first-order chi connectivity index (χ1) is 10.5. The minimum Gasteiger partial charge on any atom is -0.481 e. The van der Waals surface area contributed by atoms with E-state index in [0.717, 1.165) is 24.2 Å². The molecular formula is C19H23NO2. The van der Waals surface area contributed by atoms with Crippen molar-refractivity contribution in [3.63, 3.8) is 0 Å². The normalized spacial score (nSPS) is 13.5. The predicted octanol–water partition coefficient (Wildman–Crippen LogP) is 4.05. The van der Waals surface area contributed by atoms with Crippen LogP contribution in [0.5, 0.6) is 0 Å². The zero-order valence-corrected chi connectivity index (χ0v) is 13.2. The van der Waals surface area contributed by atoms with E-state index >= 15 is 0 Å². The van der Waals surface area contributed by atoms with Crippen molar-refractivity contribution in [1.29, 1.82) is 0 Å². The maximum atomic E-state index is 11.3. The summed E-state index contributed by atoms with van der Waals surface area (Å²) in [6.07, 6.45) is 2.57. The van der Waals surface area contributed by atoms with Gasteiger partial charge < -0.3 is 5.11 Å². The molecule has 0 fully saturated rings. The highest BCUT2D eigenvalue weighted by Gasteiger charge is 2.28. The van der Waals surface area contributed by atoms with E-state index < -0.39 is 5.97 Å². The van der Waals surface area contributed by atoms with E-state index in [-0.39, 0.29) is 11.8 Å². The molecule has 0 bridgehead atoms. The molecule has 0 aliphatic heterocycles. The lowest BCUT2D eigenvalue weighted by molar-refractivity contribution is -0.139. The minimum absolute atomic E-state index is 0.162. The van der Waals surface area contributed by atoms with E-state index in [1.54, 1.807) is 0 Å². The van der Waals surface area contributed by atoms with Crippen LogP contribution in [0.4, 0.5) is 0 Å². The molecule has 0 aliphatic rings. The topological polar surface area (TPSA) is 50.2 Å². The molecule has 116 valence electrons. The molecule has 1 N–H and O–H groups in total. The molecular weight excluding hydrogens is 274 g/mol. The zero-order chi connectivity index (χ0) is 16.0. The van der Waals surface area contributed by atoms with Crippen molar-refractivity contribution in [2.24, 2.45) is 5.41 Å². The van der Waals surface area contributed by atoms with Gasteiger partial charge in [0.05, 0.1) is 6.42 Å². The number of aromatic nitrogens is 1. The van der Waals surface area contributed by atoms with Crippen LogP contribution in [-0.2, 0) is 17.6 Å². The first-order valence-corrected chi connectivity index (χ1v) is 7.65. The summed E-state index contributed by atoms with van der Waals surface area (Å²) in [5.41, 5.74) is 2.90. The molecule has 1 aromatic heterocycles. The van der Waals surface area contributed by atoms with Gasteiger partial charge in [-0.1, -0.05) is 43.3 Å². The van der Waals surface area contributed by atoms with Crippen LogP contribution in [0.2, 0.25) is 0 Å². The van der Waals surface area contributed by atoms with Crippen LogP contribution in [0.3, 0.4) is 0 Å². The second-order valence-electron chi connectivity index (χ2n) is 6.31. The van der Waals surface area contributed by atoms with Gasteiger partial charge in [-0.05, 0) is 49.3 Å². The second-order valence-corrected chi connectivity index (χ2v) is 6.31. The van der Waals surface area contributed by atoms with E-state index in [1.807, 2.05) is 50.2 Å². The highest BCUT2D eigenvalue weighted by atomic mass is 16.4. The summed E-state index contributed by atoms with van der Waals surface area (Å²) < 4.78 is 0. The van der Waals surface area contributed by atoms with E-state index in [2.05, 4.69) is 17.1 Å². The van der Waals surface area contributed by atoms with Crippen molar-refractivity contribution in [2.45, 2.75) is 39.5 Å². The third-order valence-electron chi connectivity index (χ3n) is 3.99. The van der Waals surface area contributed by atoms with E-state index in [9.17, 15) is 9.90 Å². The standard InChI is InChI=1S/C19H23NO2/c1-15-7-6-10-17(20-15)13-19(2,14-18(21)22)12-11-16-8-4-3-5-9-16/h3-10H,11-14H2,1-2H3,(H,21,22). The molecule has 0 amide bonds. The fraction of sp³-hybridized carbons (Fsp3) is 0.368. The van der Waals surface area contributed by atoms with E-state index in [4.69, 9.17) is 0 Å². The molecule has 2 rings (SSSR count). The fourth-order valence-corrected chi connectivity index (χ4v) is 2.83. The highest BCUT2D eigenvalue weighted by molar-refractivity contribution is 5.67. The van der Waals surface area contributed by atoms with E-state index in [1.165, 1.54) is 5.56 Å². The van der Waals surface area contributed by atoms with Crippen LogP contribution in [0, 0.1) is 12.3 Å². The number of hydrogen-bond acceptors (Lipinski definition) is 2. The number of carbonyl (C=O) groups is 1. The number of carboxylic acids is 1. The molecule has 22 heavy (non-hydrogen) atoms. The molecule has 1 aromatic carbocycles. The van der Waals surface area contributed by atoms with Gasteiger partial charge in [0.2, 0.25) is 0 Å². The van der Waals surface area contributed by atoms with Gasteiger partial charge >= 0.3 is 5.97 Å². The Hall–Kier alpha value is -2.16. The van der Waals surface area contributed by atoms with Crippen molar-refractivity contribution in [2.75, 3.05) is 0 Å². The summed E-state index contributed by atoms with van der Waals surface area (Å²) in [6, 6.07) is 16.1. The predicted molar refractivity (Wildman–Crippen MR) is 87.8 cm³/mol. The maximum Gasteiger partial charge on any atom is 0.303 e. The van der Waals surface area contributed by atoms with Crippen LogP contribution in [-0.4, -0.2) is 16.1 Å². The zero-order valence-electron chi connectivity index (χ0n) is 13.2. The van der Waals surface area contributed by atoms with E-state index in [0.29, 0.717) is 6.42 Å². The Kier molecular flexibility index (Phi) is 5.31. The summed E-state index contributed by atoms with van der Waals surface area (Å²) in [6.45, 7) is 4.01. The van der Waals surface area contributed by atoms with Crippen LogP contribution in [0.1, 0.15) is 36.7 Å². The van der Waals surface area contributed by atoms with Gasteiger partial charge in [-0.3, -0.25) is 9.78 Å². The number of aryl methyl sites for hydroxylation is 2. The molecule has 1 heterocycles. The second kappa shape index (κ2) is 7.21. The molecule has 0 spiro atoms. The third kappa shape index (κ3) is 4.99. The number of aliphatic carboxylic acids is 1. The first-order valence-electron chi connectivity index (χ1n) is 7.65. The van der Waals surface area contributed by atoms with Gasteiger partial charge in [0.25, 0.3) is 0 Å². The average molecular weight is 297 g/mol. The van der Waals surface area contributed by atoms with Crippen molar-refractivity contribution in [3.05, 3.63) is 65.5 Å². The van der Waals surface area contributed by atoms with Crippen molar-refractivity contribution >= 4 is 5.97 Å². The monoisotopic (exact) mass is 297 g/mol. The van der Waals surface area contributed by atoms with Gasteiger partial charge in [0.1, 0.15) is 0 Å². The molecule has 0 radical (unpaired) electrons. The number of nitrogens with zero attached hydrogens (tertiary/aromatic N) is 1. The Bertz CT molecular complexity index is 624. The lowest BCUT2D eigenvalue weighted by atomic mass is 9.77. The number of pyridine rings is 1. The van der Waals surface area contributed by atoms with Crippen molar-refractivity contribution in [1.82, 2.24) is 4.98 Å². The molecule has 0 saturated carbocycles. The maximum absolute atomic E-state index is 11.3. The van der Waals surface area contributed by atoms with Crippen molar-refractivity contribution in [3.8, 4) is 0 Å². The molecule has 1 unspecified atom stereocenters. The Morgan fingerprint density at radius 3 is 2.50 bits per heavy atom. The first kappa shape index (κ1) is 16.2. The summed E-state index contributed by atoms with van der Waals surface area (Å²) in [7, 11) is 0. The lowest BCUT2D eigenvalue weighted by Gasteiger charge is -2.28. The molecule has 2 aromatic rings. The SMILES string of the molecule is Cc1cccc(CC(C)(CCc2ccccc2)CC(=O)O)n1. The van der Waals surface area contributed by atoms with Crippen LogP contribution < -0.4 is 0 Å². The molecule has 0 saturated heterocycles. The van der Waals surface area contributed by atoms with Gasteiger partial charge in [-0.15, -0.1) is 0 Å². The highest BCUT2D eigenvalue weighted by Crippen LogP contribution is 2.32. The number of benzene rings is 1. The molecule has 3 nitrogen and oxygen atoms in total. The van der Waals surface area contributed by atoms with Gasteiger partial charge in [-0.25, -0.2) is 0 Å². The summed E-state index contributed by atoms with van der Waals surface area (Å²) in [5.74, 6) is -0.747. The summed E-state index contributed by atoms with van der Waals surface area (Å²) in [4.78, 5) is 15.8. The smallest absolute Gasteiger partial charge is 0.303 e. The Labute approximate surface area is 132 Å². The molecule has 0 aliphatic carbocycles. The van der Waals surface area contributed by atoms with Gasteiger partial charge in [-0.2, -0.15) is 0 Å². The van der Waals surface area contributed by atoms with Crippen LogP contribution in [0.25, 0.3) is 0 Å².